The number of likely N-dealkylation sites (tertiary alicyclic amines) is 1. The Labute approximate surface area is 217 Å². The zero-order valence-corrected chi connectivity index (χ0v) is 21.7. The Morgan fingerprint density at radius 1 is 1.14 bits per heavy atom. The number of benzene rings is 2. The fourth-order valence-corrected chi connectivity index (χ4v) is 4.82. The lowest BCUT2D eigenvalue weighted by atomic mass is 9.93. The van der Waals surface area contributed by atoms with Gasteiger partial charge in [-0.3, -0.25) is 14.5 Å². The van der Waals surface area contributed by atoms with E-state index in [-0.39, 0.29) is 23.4 Å². The molecule has 2 fully saturated rings. The van der Waals surface area contributed by atoms with Gasteiger partial charge in [-0.2, -0.15) is 0 Å². The van der Waals surface area contributed by atoms with Crippen LogP contribution in [0.4, 0.5) is 4.39 Å². The number of carbonyl (C=O) groups is 2. The Bertz CT molecular complexity index is 1170. The zero-order valence-electron chi connectivity index (χ0n) is 21.7. The molecule has 1 unspecified atom stereocenters. The van der Waals surface area contributed by atoms with Crippen molar-refractivity contribution in [3.63, 3.8) is 0 Å². The predicted octanol–water partition coefficient (Wildman–Crippen LogP) is 4.31. The van der Waals surface area contributed by atoms with Gasteiger partial charge in [0, 0.05) is 37.3 Å². The number of ether oxygens (including phenoxy) is 2. The molecule has 0 radical (unpaired) electrons. The molecule has 7 nitrogen and oxygen atoms in total. The fraction of sp³-hybridized carbons (Fsp3) is 0.448. The third-order valence-corrected chi connectivity index (χ3v) is 6.75. The Kier molecular flexibility index (Phi) is 8.61. The third-order valence-electron chi connectivity index (χ3n) is 6.75. The second kappa shape index (κ2) is 11.9. The van der Waals surface area contributed by atoms with Gasteiger partial charge in [-0.05, 0) is 49.1 Å². The van der Waals surface area contributed by atoms with Crippen LogP contribution in [0.3, 0.4) is 0 Å². The SMILES string of the molecule is Cc1cc(OCC(C)C)ccc1/C(O)=C1\C(=O)C(=O)N(CCCN2CCOCC2)C1c1ccccc1F. The number of Topliss-reactive ketones (excluding diaryl/α,β-unsaturated/α-hetero) is 1. The van der Waals surface area contributed by atoms with E-state index in [1.54, 1.807) is 43.3 Å². The van der Waals surface area contributed by atoms with Gasteiger partial charge in [0.05, 0.1) is 31.4 Å². The molecule has 2 saturated heterocycles. The number of rotatable bonds is 9. The van der Waals surface area contributed by atoms with Crippen LogP contribution in [0, 0.1) is 18.7 Å². The molecule has 0 bridgehead atoms. The van der Waals surface area contributed by atoms with Crippen LogP contribution in [-0.4, -0.2) is 72.6 Å². The van der Waals surface area contributed by atoms with Crippen LogP contribution >= 0.6 is 0 Å². The van der Waals surface area contributed by atoms with Gasteiger partial charge in [0.2, 0.25) is 0 Å². The van der Waals surface area contributed by atoms with Crippen LogP contribution < -0.4 is 4.74 Å². The van der Waals surface area contributed by atoms with Crippen molar-refractivity contribution >= 4 is 17.4 Å². The maximum Gasteiger partial charge on any atom is 0.295 e. The molecule has 198 valence electrons. The summed E-state index contributed by atoms with van der Waals surface area (Å²) in [5, 5.41) is 11.4. The highest BCUT2D eigenvalue weighted by Crippen LogP contribution is 2.41. The van der Waals surface area contributed by atoms with Crippen LogP contribution in [0.2, 0.25) is 0 Å². The quantitative estimate of drug-likeness (QED) is 0.308. The van der Waals surface area contributed by atoms with Crippen molar-refractivity contribution in [1.29, 1.82) is 0 Å². The molecule has 1 amide bonds. The number of morpholine rings is 1. The Morgan fingerprint density at radius 3 is 2.54 bits per heavy atom. The van der Waals surface area contributed by atoms with Crippen molar-refractivity contribution in [1.82, 2.24) is 9.80 Å². The summed E-state index contributed by atoms with van der Waals surface area (Å²) in [4.78, 5) is 30.1. The van der Waals surface area contributed by atoms with Crippen molar-refractivity contribution < 1.29 is 28.6 Å². The van der Waals surface area contributed by atoms with Crippen molar-refractivity contribution in [2.24, 2.45) is 5.92 Å². The minimum atomic E-state index is -1.01. The summed E-state index contributed by atoms with van der Waals surface area (Å²) in [7, 11) is 0. The molecule has 0 aromatic heterocycles. The minimum Gasteiger partial charge on any atom is -0.507 e. The van der Waals surface area contributed by atoms with Gasteiger partial charge in [0.1, 0.15) is 17.3 Å². The van der Waals surface area contributed by atoms with E-state index in [1.165, 1.54) is 11.0 Å². The van der Waals surface area contributed by atoms with Crippen LogP contribution in [-0.2, 0) is 14.3 Å². The second-order valence-electron chi connectivity index (χ2n) is 10.0. The maximum absolute atomic E-state index is 15.0. The summed E-state index contributed by atoms with van der Waals surface area (Å²) < 4.78 is 26.2. The first-order valence-corrected chi connectivity index (χ1v) is 12.8. The third kappa shape index (κ3) is 6.02. The molecule has 2 aromatic rings. The molecule has 2 aliphatic rings. The summed E-state index contributed by atoms with van der Waals surface area (Å²) in [6.45, 7) is 10.4. The molecule has 37 heavy (non-hydrogen) atoms. The highest BCUT2D eigenvalue weighted by Gasteiger charge is 2.46. The molecule has 1 atom stereocenters. The number of hydrogen-bond donors (Lipinski definition) is 1. The number of carbonyl (C=O) groups excluding carboxylic acids is 2. The van der Waals surface area contributed by atoms with E-state index in [4.69, 9.17) is 9.47 Å². The second-order valence-corrected chi connectivity index (χ2v) is 10.0. The summed E-state index contributed by atoms with van der Waals surface area (Å²) in [6, 6.07) is 10.3. The number of amides is 1. The van der Waals surface area contributed by atoms with Gasteiger partial charge in [0.25, 0.3) is 11.7 Å². The molecule has 8 heteroatoms. The number of ketones is 1. The van der Waals surface area contributed by atoms with E-state index in [9.17, 15) is 14.7 Å². The summed E-state index contributed by atoms with van der Waals surface area (Å²) >= 11 is 0. The normalized spacial score (nSPS) is 20.1. The average Bonchev–Trinajstić information content (AvgIpc) is 3.13. The largest absolute Gasteiger partial charge is 0.507 e. The number of halogens is 1. The summed E-state index contributed by atoms with van der Waals surface area (Å²) in [6.07, 6.45) is 0.610. The van der Waals surface area contributed by atoms with Crippen LogP contribution in [0.15, 0.2) is 48.0 Å². The van der Waals surface area contributed by atoms with Gasteiger partial charge in [0.15, 0.2) is 0 Å². The lowest BCUT2D eigenvalue weighted by molar-refractivity contribution is -0.140. The van der Waals surface area contributed by atoms with Gasteiger partial charge in [-0.1, -0.05) is 32.0 Å². The molecule has 4 rings (SSSR count). The molecular formula is C29H35FN2O5. The number of hydrogen-bond acceptors (Lipinski definition) is 6. The molecule has 2 aliphatic heterocycles. The fourth-order valence-electron chi connectivity index (χ4n) is 4.82. The molecule has 0 aliphatic carbocycles. The first-order chi connectivity index (χ1) is 17.8. The number of aliphatic hydroxyl groups is 1. The predicted molar refractivity (Wildman–Crippen MR) is 139 cm³/mol. The zero-order chi connectivity index (χ0) is 26.5. The van der Waals surface area contributed by atoms with E-state index >= 15 is 4.39 Å². The Hall–Kier alpha value is -3.23. The molecular weight excluding hydrogens is 475 g/mol. The maximum atomic E-state index is 15.0. The van der Waals surface area contributed by atoms with Gasteiger partial charge in [-0.25, -0.2) is 4.39 Å². The van der Waals surface area contributed by atoms with Gasteiger partial charge in [-0.15, -0.1) is 0 Å². The van der Waals surface area contributed by atoms with E-state index < -0.39 is 23.5 Å². The van der Waals surface area contributed by atoms with E-state index in [0.29, 0.717) is 49.0 Å². The molecule has 1 N–H and O–H groups in total. The van der Waals surface area contributed by atoms with Crippen molar-refractivity contribution in [2.75, 3.05) is 46.0 Å². The number of aliphatic hydroxyl groups excluding tert-OH is 1. The first-order valence-electron chi connectivity index (χ1n) is 12.8. The summed E-state index contributed by atoms with van der Waals surface area (Å²) in [5.41, 5.74) is 1.18. The van der Waals surface area contributed by atoms with Gasteiger partial charge < -0.3 is 19.5 Å². The topological polar surface area (TPSA) is 79.3 Å². The van der Waals surface area contributed by atoms with Crippen LogP contribution in [0.25, 0.3) is 5.76 Å². The molecule has 0 saturated carbocycles. The summed E-state index contributed by atoms with van der Waals surface area (Å²) in [5.74, 6) is -1.38. The van der Waals surface area contributed by atoms with Crippen molar-refractivity contribution in [3.8, 4) is 5.75 Å². The highest BCUT2D eigenvalue weighted by molar-refractivity contribution is 6.46. The standard InChI is InChI=1S/C29H35FN2O5/c1-19(2)18-37-21-9-10-22(20(3)17-21)27(33)25-26(23-7-4-5-8-24(23)30)32(29(35)28(25)34)12-6-11-31-13-15-36-16-14-31/h4-5,7-10,17,19,26,33H,6,11-16,18H2,1-3H3/b27-25+. The highest BCUT2D eigenvalue weighted by atomic mass is 19.1. The first kappa shape index (κ1) is 26.8. The molecule has 2 heterocycles. The van der Waals surface area contributed by atoms with Crippen LogP contribution in [0.1, 0.15) is 43.0 Å². The molecule has 2 aromatic carbocycles. The smallest absolute Gasteiger partial charge is 0.295 e. The van der Waals surface area contributed by atoms with Crippen LogP contribution in [0.5, 0.6) is 5.75 Å². The van der Waals surface area contributed by atoms with E-state index in [1.807, 2.05) is 0 Å². The Morgan fingerprint density at radius 2 is 1.86 bits per heavy atom. The lowest BCUT2D eigenvalue weighted by Gasteiger charge is -2.29. The lowest BCUT2D eigenvalue weighted by Crippen LogP contribution is -2.39. The average molecular weight is 511 g/mol. The van der Waals surface area contributed by atoms with Gasteiger partial charge >= 0.3 is 0 Å². The number of aryl methyl sites for hydroxylation is 1. The molecule has 0 spiro atoms. The number of nitrogens with zero attached hydrogens (tertiary/aromatic N) is 2. The Balaban J connectivity index is 1.67. The monoisotopic (exact) mass is 510 g/mol. The van der Waals surface area contributed by atoms with E-state index in [0.717, 1.165) is 19.6 Å². The van der Waals surface area contributed by atoms with Crippen molar-refractivity contribution in [2.45, 2.75) is 33.2 Å². The minimum absolute atomic E-state index is 0.0968. The van der Waals surface area contributed by atoms with E-state index in [2.05, 4.69) is 18.7 Å². The van der Waals surface area contributed by atoms with Crippen molar-refractivity contribution in [3.05, 3.63) is 70.5 Å².